The monoisotopic (exact) mass is 204 g/mol. The van der Waals surface area contributed by atoms with E-state index >= 15 is 0 Å². The molecule has 2 N–H and O–H groups in total. The number of thiol groups is 1. The standard InChI is InChI=1S/C8H10O.H2O3S/c9-7-6-8-4-2-1-3-5-8;1-4(2)3/h1-5,9H,6-7H2;4H,(H,1,2,3). The predicted octanol–water partition coefficient (Wildman–Crippen LogP) is 0.292. The summed E-state index contributed by atoms with van der Waals surface area (Å²) in [4.78, 5) is 0. The van der Waals surface area contributed by atoms with Crippen molar-refractivity contribution in [3.63, 3.8) is 0 Å². The third kappa shape index (κ3) is 9.00. The molecule has 0 aromatic heterocycles. The van der Waals surface area contributed by atoms with Gasteiger partial charge in [-0.15, -0.1) is 0 Å². The number of hydrogen-bond acceptors (Lipinski definition) is 3. The highest BCUT2D eigenvalue weighted by atomic mass is 32.2. The molecule has 4 nitrogen and oxygen atoms in total. The SMILES string of the molecule is O=[SH](=O)O.OCCc1ccccc1. The van der Waals surface area contributed by atoms with E-state index in [1.807, 2.05) is 30.3 Å². The first-order chi connectivity index (χ1) is 6.16. The summed E-state index contributed by atoms with van der Waals surface area (Å²) in [6.07, 6.45) is 0.765. The Bertz CT molecular complexity index is 273. The molecule has 0 bridgehead atoms. The van der Waals surface area contributed by atoms with E-state index in [9.17, 15) is 0 Å². The Morgan fingerprint density at radius 1 is 1.15 bits per heavy atom. The van der Waals surface area contributed by atoms with Crippen LogP contribution in [0.25, 0.3) is 0 Å². The molecular formula is C8H12O4S. The van der Waals surface area contributed by atoms with Gasteiger partial charge in [-0.05, 0) is 12.0 Å². The third-order valence-electron chi connectivity index (χ3n) is 1.24. The lowest BCUT2D eigenvalue weighted by atomic mass is 10.2. The van der Waals surface area contributed by atoms with Crippen LogP contribution in [-0.2, 0) is 17.4 Å². The summed E-state index contributed by atoms with van der Waals surface area (Å²) in [5.74, 6) is 0. The Kier molecular flexibility index (Phi) is 7.18. The third-order valence-corrected chi connectivity index (χ3v) is 1.24. The first-order valence-corrected chi connectivity index (χ1v) is 4.78. The van der Waals surface area contributed by atoms with E-state index in [1.54, 1.807) is 0 Å². The molecule has 0 aliphatic heterocycles. The molecule has 1 aromatic carbocycles. The lowest BCUT2D eigenvalue weighted by Gasteiger charge is -1.93. The van der Waals surface area contributed by atoms with Crippen LogP contribution in [0.5, 0.6) is 0 Å². The number of rotatable bonds is 2. The summed E-state index contributed by atoms with van der Waals surface area (Å²) < 4.78 is 24.2. The zero-order chi connectivity index (χ0) is 10.1. The molecule has 0 saturated carbocycles. The van der Waals surface area contributed by atoms with Crippen LogP contribution in [0.4, 0.5) is 0 Å². The molecule has 0 amide bonds. The van der Waals surface area contributed by atoms with Crippen molar-refractivity contribution in [2.24, 2.45) is 0 Å². The zero-order valence-electron chi connectivity index (χ0n) is 6.96. The summed E-state index contributed by atoms with van der Waals surface area (Å²) in [7, 11) is -3.12. The normalized spacial score (nSPS) is 9.15. The highest BCUT2D eigenvalue weighted by molar-refractivity contribution is 7.66. The van der Waals surface area contributed by atoms with Crippen molar-refractivity contribution in [1.29, 1.82) is 0 Å². The predicted molar refractivity (Wildman–Crippen MR) is 50.2 cm³/mol. The topological polar surface area (TPSA) is 74.6 Å². The van der Waals surface area contributed by atoms with Crippen LogP contribution in [0.15, 0.2) is 30.3 Å². The molecule has 0 unspecified atom stereocenters. The van der Waals surface area contributed by atoms with Crippen LogP contribution in [0, 0.1) is 0 Å². The molecule has 0 atom stereocenters. The second kappa shape index (κ2) is 7.72. The Morgan fingerprint density at radius 3 is 2.00 bits per heavy atom. The maximum absolute atomic E-state index is 8.59. The van der Waals surface area contributed by atoms with E-state index in [2.05, 4.69) is 0 Å². The van der Waals surface area contributed by atoms with Crippen molar-refractivity contribution in [2.75, 3.05) is 6.61 Å². The van der Waals surface area contributed by atoms with E-state index in [1.165, 1.54) is 5.56 Å². The van der Waals surface area contributed by atoms with Crippen molar-refractivity contribution in [2.45, 2.75) is 6.42 Å². The van der Waals surface area contributed by atoms with Gasteiger partial charge in [0.15, 0.2) is 0 Å². The van der Waals surface area contributed by atoms with E-state index in [-0.39, 0.29) is 6.61 Å². The van der Waals surface area contributed by atoms with E-state index < -0.39 is 11.0 Å². The van der Waals surface area contributed by atoms with E-state index in [4.69, 9.17) is 18.1 Å². The number of hydrogen-bond donors (Lipinski definition) is 3. The molecule has 0 aliphatic rings. The van der Waals surface area contributed by atoms with Gasteiger partial charge >= 0.3 is 0 Å². The van der Waals surface area contributed by atoms with Crippen molar-refractivity contribution < 1.29 is 18.1 Å². The lowest BCUT2D eigenvalue weighted by Crippen LogP contribution is -1.88. The Labute approximate surface area is 78.6 Å². The van der Waals surface area contributed by atoms with Gasteiger partial charge in [0.25, 0.3) is 11.0 Å². The molecule has 74 valence electrons. The lowest BCUT2D eigenvalue weighted by molar-refractivity contribution is 0.299. The van der Waals surface area contributed by atoms with Gasteiger partial charge in [-0.25, -0.2) is 8.42 Å². The van der Waals surface area contributed by atoms with Crippen molar-refractivity contribution in [3.05, 3.63) is 35.9 Å². The number of aliphatic hydroxyl groups excluding tert-OH is 1. The number of aliphatic hydroxyl groups is 1. The molecule has 0 aliphatic carbocycles. The van der Waals surface area contributed by atoms with Crippen molar-refractivity contribution in [3.8, 4) is 0 Å². The molecular weight excluding hydrogens is 192 g/mol. The highest BCUT2D eigenvalue weighted by Crippen LogP contribution is 1.97. The smallest absolute Gasteiger partial charge is 0.254 e. The van der Waals surface area contributed by atoms with Gasteiger partial charge < -0.3 is 5.11 Å². The molecule has 1 rings (SSSR count). The molecule has 0 fully saturated rings. The Morgan fingerprint density at radius 2 is 1.62 bits per heavy atom. The Hall–Kier alpha value is -0.910. The van der Waals surface area contributed by atoms with Gasteiger partial charge in [-0.1, -0.05) is 30.3 Å². The molecule has 0 radical (unpaired) electrons. The largest absolute Gasteiger partial charge is 0.396 e. The van der Waals surface area contributed by atoms with Crippen molar-refractivity contribution >= 4 is 11.0 Å². The summed E-state index contributed by atoms with van der Waals surface area (Å²) in [5, 5.41) is 8.52. The van der Waals surface area contributed by atoms with Gasteiger partial charge in [0.1, 0.15) is 0 Å². The maximum atomic E-state index is 8.59. The highest BCUT2D eigenvalue weighted by Gasteiger charge is 1.85. The molecule has 0 heterocycles. The van der Waals surface area contributed by atoms with Crippen LogP contribution in [0.1, 0.15) is 5.56 Å². The maximum Gasteiger partial charge on any atom is 0.254 e. The van der Waals surface area contributed by atoms with Gasteiger partial charge in [0.2, 0.25) is 0 Å². The van der Waals surface area contributed by atoms with E-state index in [0.29, 0.717) is 0 Å². The number of benzene rings is 1. The zero-order valence-corrected chi connectivity index (χ0v) is 7.85. The fourth-order valence-electron chi connectivity index (χ4n) is 0.774. The van der Waals surface area contributed by atoms with Crippen LogP contribution in [-0.4, -0.2) is 24.7 Å². The first kappa shape index (κ1) is 12.1. The Balaban J connectivity index is 0.000000310. The van der Waals surface area contributed by atoms with E-state index in [0.717, 1.165) is 6.42 Å². The molecule has 0 spiro atoms. The minimum absolute atomic E-state index is 0.240. The average Bonchev–Trinajstić information content (AvgIpc) is 2.06. The summed E-state index contributed by atoms with van der Waals surface area (Å²) in [5.41, 5.74) is 1.19. The van der Waals surface area contributed by atoms with Gasteiger partial charge in [-0.3, -0.25) is 4.55 Å². The second-order valence-electron chi connectivity index (χ2n) is 2.20. The molecule has 13 heavy (non-hydrogen) atoms. The van der Waals surface area contributed by atoms with Gasteiger partial charge in [0.05, 0.1) is 0 Å². The molecule has 0 saturated heterocycles. The minimum atomic E-state index is -3.12. The second-order valence-corrected chi connectivity index (χ2v) is 2.67. The summed E-state index contributed by atoms with van der Waals surface area (Å²) in [6, 6.07) is 9.95. The van der Waals surface area contributed by atoms with Crippen molar-refractivity contribution in [1.82, 2.24) is 0 Å². The molecule has 1 aromatic rings. The van der Waals surface area contributed by atoms with Crippen LogP contribution in [0.2, 0.25) is 0 Å². The van der Waals surface area contributed by atoms with Crippen LogP contribution in [0.3, 0.4) is 0 Å². The van der Waals surface area contributed by atoms with Gasteiger partial charge in [-0.2, -0.15) is 0 Å². The van der Waals surface area contributed by atoms with Crippen LogP contribution >= 0.6 is 0 Å². The van der Waals surface area contributed by atoms with Crippen LogP contribution < -0.4 is 0 Å². The first-order valence-electron chi connectivity index (χ1n) is 3.65. The van der Waals surface area contributed by atoms with Gasteiger partial charge in [0, 0.05) is 6.61 Å². The molecule has 5 heteroatoms. The average molecular weight is 204 g/mol. The summed E-state index contributed by atoms with van der Waals surface area (Å²) in [6.45, 7) is 0.240. The quantitative estimate of drug-likeness (QED) is 0.478. The fraction of sp³-hybridized carbons (Fsp3) is 0.250. The fourth-order valence-corrected chi connectivity index (χ4v) is 0.774. The summed E-state index contributed by atoms with van der Waals surface area (Å²) >= 11 is 0. The minimum Gasteiger partial charge on any atom is -0.396 e.